The van der Waals surface area contributed by atoms with E-state index in [1.54, 1.807) is 17.8 Å². The van der Waals surface area contributed by atoms with Crippen molar-refractivity contribution in [1.82, 2.24) is 9.88 Å². The Bertz CT molecular complexity index is 1260. The Hall–Kier alpha value is -1.81. The Morgan fingerprint density at radius 2 is 1.88 bits per heavy atom. The Labute approximate surface area is 200 Å². The molecule has 0 spiro atoms. The van der Waals surface area contributed by atoms with Crippen LogP contribution in [0.1, 0.15) is 22.8 Å². The summed E-state index contributed by atoms with van der Waals surface area (Å²) in [6.45, 7) is -0.600. The number of nitrogens with one attached hydrogen (secondary N) is 1. The summed E-state index contributed by atoms with van der Waals surface area (Å²) in [6, 6.07) is 5.44. The van der Waals surface area contributed by atoms with Crippen molar-refractivity contribution >= 4 is 64.1 Å². The van der Waals surface area contributed by atoms with Crippen molar-refractivity contribution < 1.29 is 19.5 Å². The largest absolute Gasteiger partial charge is 0.480 e. The molecule has 0 unspecified atom stereocenters. The van der Waals surface area contributed by atoms with E-state index in [0.717, 1.165) is 38.1 Å². The van der Waals surface area contributed by atoms with E-state index in [1.807, 2.05) is 12.1 Å². The first-order valence-corrected chi connectivity index (χ1v) is 12.6. The monoisotopic (exact) mass is 510 g/mol. The number of thioether (sulfide) groups is 1. The summed E-state index contributed by atoms with van der Waals surface area (Å²) in [5, 5.41) is 10.8. The molecule has 2 amide bonds. The predicted molar refractivity (Wildman–Crippen MR) is 119 cm³/mol. The third-order valence-corrected chi connectivity index (χ3v) is 10.8. The molecule has 1 aromatic heterocycles. The van der Waals surface area contributed by atoms with Crippen molar-refractivity contribution in [3.05, 3.63) is 48.4 Å². The molecule has 2 aromatic rings. The second kappa shape index (κ2) is 7.09. The van der Waals surface area contributed by atoms with Crippen molar-refractivity contribution in [3.8, 4) is 0 Å². The van der Waals surface area contributed by atoms with Crippen LogP contribution in [0.15, 0.2) is 28.0 Å². The zero-order valence-electron chi connectivity index (χ0n) is 16.3. The first-order chi connectivity index (χ1) is 15.3. The van der Waals surface area contributed by atoms with Crippen LogP contribution in [-0.2, 0) is 14.4 Å². The van der Waals surface area contributed by atoms with Crippen LogP contribution in [0.25, 0.3) is 0 Å². The number of nitrogens with zero attached hydrogens (tertiary/aromatic N) is 1. The number of benzene rings is 1. The molecule has 1 aromatic carbocycles. The highest BCUT2D eigenvalue weighted by Gasteiger charge is 2.69. The minimum absolute atomic E-state index is 0.0114. The summed E-state index contributed by atoms with van der Waals surface area (Å²) in [4.78, 5) is 54.2. The normalized spacial score (nSPS) is 34.6. The molecule has 2 N–H and O–H groups in total. The van der Waals surface area contributed by atoms with Crippen molar-refractivity contribution in [2.24, 2.45) is 29.6 Å². The Kier molecular flexibility index (Phi) is 4.60. The van der Waals surface area contributed by atoms with Gasteiger partial charge >= 0.3 is 10.8 Å². The fourth-order valence-corrected chi connectivity index (χ4v) is 9.78. The highest BCUT2D eigenvalue weighted by atomic mass is 35.5. The molecule has 7 atom stereocenters. The first kappa shape index (κ1) is 20.8. The molecule has 7 nitrogen and oxygen atoms in total. The number of rotatable bonds is 3. The topological polar surface area (TPSA) is 108 Å². The van der Waals surface area contributed by atoms with Gasteiger partial charge < -0.3 is 10.1 Å². The zero-order chi connectivity index (χ0) is 22.5. The standard InChI is InChI=1S/C21H16Cl2N2O5S2/c22-9-3-1-2-6(15(9)23)11-12-7-4-8(16(12)31-18-17(11)32-21(30)24-18)14-13(7)19(28)25(20(14)29)5-10(26)27/h1-3,7-8,11-14,16H,4-5H2,(H,24,30)(H,26,27)/t7-,8-,11+,12-,13+,14-,16-/m1/s1. The van der Waals surface area contributed by atoms with E-state index in [1.165, 1.54) is 0 Å². The van der Waals surface area contributed by atoms with Gasteiger partial charge in [0.2, 0.25) is 11.8 Å². The SMILES string of the molecule is O=C(O)CN1C(=O)[C@@H]2[C@H]3C[C@@H]([C@@H]2C1=O)[C@@H]1[C@H](c2cccc(Cl)c2Cl)c2sc(=O)[nH]c2S[C@H]31. The molecule has 3 fully saturated rings. The number of carboxylic acids is 1. The first-order valence-electron chi connectivity index (χ1n) is 10.2. The number of aliphatic carboxylic acids is 1. The Balaban J connectivity index is 1.48. The number of H-pyrrole nitrogens is 1. The van der Waals surface area contributed by atoms with Gasteiger partial charge in [-0.15, -0.1) is 11.8 Å². The molecule has 2 aliphatic heterocycles. The number of imide groups is 1. The number of halogens is 2. The molecule has 1 saturated heterocycles. The fourth-order valence-electron chi connectivity index (χ4n) is 6.48. The van der Waals surface area contributed by atoms with Crippen molar-refractivity contribution in [3.63, 3.8) is 0 Å². The van der Waals surface area contributed by atoms with Crippen LogP contribution < -0.4 is 4.87 Å². The van der Waals surface area contributed by atoms with E-state index >= 15 is 0 Å². The van der Waals surface area contributed by atoms with E-state index < -0.39 is 24.3 Å². The van der Waals surface area contributed by atoms with Crippen LogP contribution >= 0.6 is 46.3 Å². The predicted octanol–water partition coefficient (Wildman–Crippen LogP) is 3.30. The lowest BCUT2D eigenvalue weighted by Gasteiger charge is -2.43. The minimum Gasteiger partial charge on any atom is -0.480 e. The average Bonchev–Trinajstić information content (AvgIpc) is 3.46. The second-order valence-corrected chi connectivity index (χ2v) is 11.7. The van der Waals surface area contributed by atoms with Gasteiger partial charge in [0.15, 0.2) is 0 Å². The van der Waals surface area contributed by atoms with E-state index in [9.17, 15) is 24.3 Å². The van der Waals surface area contributed by atoms with Gasteiger partial charge in [-0.2, -0.15) is 0 Å². The van der Waals surface area contributed by atoms with Gasteiger partial charge in [-0.25, -0.2) is 0 Å². The number of hydrogen-bond donors (Lipinski definition) is 2. The van der Waals surface area contributed by atoms with E-state index in [2.05, 4.69) is 4.98 Å². The number of carboxylic acid groups (broad SMARTS) is 1. The zero-order valence-corrected chi connectivity index (χ0v) is 19.4. The van der Waals surface area contributed by atoms with Gasteiger partial charge in [-0.05, 0) is 35.8 Å². The maximum Gasteiger partial charge on any atom is 0.323 e. The highest BCUT2D eigenvalue weighted by molar-refractivity contribution is 8.00. The van der Waals surface area contributed by atoms with Crippen molar-refractivity contribution in [2.45, 2.75) is 22.6 Å². The van der Waals surface area contributed by atoms with Gasteiger partial charge in [-0.3, -0.25) is 24.1 Å². The third-order valence-electron chi connectivity index (χ3n) is 7.43. The molecular formula is C21H16Cl2N2O5S2. The molecule has 3 heterocycles. The summed E-state index contributed by atoms with van der Waals surface area (Å²) in [7, 11) is 0. The van der Waals surface area contributed by atoms with Crippen LogP contribution in [0, 0.1) is 29.6 Å². The lowest BCUT2D eigenvalue weighted by atomic mass is 9.68. The van der Waals surface area contributed by atoms with E-state index in [4.69, 9.17) is 23.2 Å². The summed E-state index contributed by atoms with van der Waals surface area (Å²) < 4.78 is 0. The number of amides is 2. The highest BCUT2D eigenvalue weighted by Crippen LogP contribution is 2.68. The summed E-state index contributed by atoms with van der Waals surface area (Å²) in [6.07, 6.45) is 0.726. The van der Waals surface area contributed by atoms with Crippen LogP contribution in [0.5, 0.6) is 0 Å². The molecule has 2 aliphatic carbocycles. The quantitative estimate of drug-likeness (QED) is 0.613. The molecule has 166 valence electrons. The Morgan fingerprint density at radius 3 is 2.59 bits per heavy atom. The molecule has 6 rings (SSSR count). The average molecular weight is 511 g/mol. The molecule has 0 radical (unpaired) electrons. The second-order valence-electron chi connectivity index (χ2n) is 8.76. The number of hydrogen-bond acceptors (Lipinski definition) is 6. The van der Waals surface area contributed by atoms with Crippen LogP contribution in [0.3, 0.4) is 0 Å². The van der Waals surface area contributed by atoms with Crippen LogP contribution in [0.4, 0.5) is 0 Å². The van der Waals surface area contributed by atoms with Gasteiger partial charge in [0.05, 0.1) is 26.9 Å². The van der Waals surface area contributed by atoms with Crippen LogP contribution in [0.2, 0.25) is 10.0 Å². The lowest BCUT2D eigenvalue weighted by molar-refractivity contribution is -0.149. The molecule has 2 bridgehead atoms. The van der Waals surface area contributed by atoms with E-state index in [0.29, 0.717) is 10.0 Å². The van der Waals surface area contributed by atoms with Gasteiger partial charge in [0.25, 0.3) is 0 Å². The maximum atomic E-state index is 13.1. The number of likely N-dealkylation sites (tertiary alicyclic amines) is 1. The number of carbonyl (C=O) groups is 3. The number of aromatic amines is 1. The summed E-state index contributed by atoms with van der Waals surface area (Å²) in [5.41, 5.74) is 0.814. The number of thiazole rings is 1. The maximum absolute atomic E-state index is 13.1. The summed E-state index contributed by atoms with van der Waals surface area (Å²) >= 11 is 15.7. The molecule has 32 heavy (non-hydrogen) atoms. The smallest absolute Gasteiger partial charge is 0.323 e. The molecule has 4 aliphatic rings. The Morgan fingerprint density at radius 1 is 1.16 bits per heavy atom. The number of aromatic nitrogens is 1. The van der Waals surface area contributed by atoms with Gasteiger partial charge in [-0.1, -0.05) is 46.7 Å². The van der Waals surface area contributed by atoms with Crippen molar-refractivity contribution in [1.29, 1.82) is 0 Å². The lowest BCUT2D eigenvalue weighted by Crippen LogP contribution is -2.42. The molecular weight excluding hydrogens is 495 g/mol. The third kappa shape index (κ3) is 2.68. The van der Waals surface area contributed by atoms with Gasteiger partial charge in [0.1, 0.15) is 6.54 Å². The number of carbonyl (C=O) groups excluding carboxylic acids is 2. The van der Waals surface area contributed by atoms with Crippen LogP contribution in [-0.4, -0.2) is 44.6 Å². The number of fused-ring (bicyclic) bond motifs is 9. The summed E-state index contributed by atoms with van der Waals surface area (Å²) in [5.74, 6) is -3.38. The molecule has 11 heteroatoms. The minimum atomic E-state index is -1.20. The van der Waals surface area contributed by atoms with Crippen molar-refractivity contribution in [2.75, 3.05) is 6.54 Å². The fraction of sp³-hybridized carbons (Fsp3) is 0.429. The molecule has 2 saturated carbocycles. The van der Waals surface area contributed by atoms with E-state index in [-0.39, 0.29) is 45.6 Å². The van der Waals surface area contributed by atoms with Gasteiger partial charge in [0, 0.05) is 16.0 Å².